The molecule has 0 aliphatic carbocycles. The standard InChI is InChI=1S/C25H32N2OS3/c1-5-26(6-2)16-20-14-19(15-21(23(20)28)17-27(7-3)8-4)24-22(25(29)31-30-24)18-12-10-9-11-13-18/h9-15,28H,5-8,16-17H2,1-4H3. The minimum Gasteiger partial charge on any atom is -0.507 e. The molecule has 3 rings (SSSR count). The summed E-state index contributed by atoms with van der Waals surface area (Å²) in [4.78, 5) is 5.88. The third kappa shape index (κ3) is 5.62. The first-order valence-electron chi connectivity index (χ1n) is 11.0. The molecule has 31 heavy (non-hydrogen) atoms. The van der Waals surface area contributed by atoms with Crippen LogP contribution in [0.25, 0.3) is 21.6 Å². The minimum absolute atomic E-state index is 0.433. The van der Waals surface area contributed by atoms with Crippen LogP contribution in [-0.4, -0.2) is 41.1 Å². The summed E-state index contributed by atoms with van der Waals surface area (Å²) in [5.74, 6) is 0.433. The van der Waals surface area contributed by atoms with Gasteiger partial charge in [-0.1, -0.05) is 90.9 Å². The van der Waals surface area contributed by atoms with Crippen molar-refractivity contribution < 1.29 is 5.11 Å². The van der Waals surface area contributed by atoms with E-state index in [0.717, 1.165) is 70.9 Å². The third-order valence-electron chi connectivity index (χ3n) is 5.80. The number of hydrogen-bond acceptors (Lipinski definition) is 6. The molecule has 0 atom stereocenters. The van der Waals surface area contributed by atoms with Crippen LogP contribution in [-0.2, 0) is 13.1 Å². The lowest BCUT2D eigenvalue weighted by Crippen LogP contribution is -2.24. The zero-order valence-corrected chi connectivity index (χ0v) is 21.3. The van der Waals surface area contributed by atoms with Crippen molar-refractivity contribution in [3.63, 3.8) is 0 Å². The van der Waals surface area contributed by atoms with Gasteiger partial charge in [0.25, 0.3) is 0 Å². The molecule has 1 N–H and O–H groups in total. The van der Waals surface area contributed by atoms with E-state index < -0.39 is 0 Å². The maximum absolute atomic E-state index is 11.2. The van der Waals surface area contributed by atoms with Gasteiger partial charge in [-0.05, 0) is 49.4 Å². The molecular weight excluding hydrogens is 440 g/mol. The molecule has 0 amide bonds. The second-order valence-electron chi connectivity index (χ2n) is 7.59. The lowest BCUT2D eigenvalue weighted by molar-refractivity contribution is 0.281. The lowest BCUT2D eigenvalue weighted by atomic mass is 9.98. The minimum atomic E-state index is 0.433. The molecule has 0 saturated heterocycles. The molecular formula is C25H32N2OS3. The number of phenols is 1. The molecule has 3 nitrogen and oxygen atoms in total. The number of hydrogen-bond donors (Lipinski definition) is 1. The first-order chi connectivity index (χ1) is 15.0. The average molecular weight is 473 g/mol. The molecule has 0 spiro atoms. The highest BCUT2D eigenvalue weighted by Gasteiger charge is 2.19. The molecule has 1 heterocycles. The van der Waals surface area contributed by atoms with E-state index in [9.17, 15) is 5.11 Å². The molecule has 0 aliphatic rings. The SMILES string of the molecule is CCN(CC)Cc1cc(-c2ssc(=S)c2-c2ccccc2)cc(CN(CC)CC)c1O. The Morgan fingerprint density at radius 3 is 1.77 bits per heavy atom. The van der Waals surface area contributed by atoms with Crippen molar-refractivity contribution in [3.05, 3.63) is 57.4 Å². The molecule has 6 heteroatoms. The highest BCUT2D eigenvalue weighted by atomic mass is 32.9. The highest BCUT2D eigenvalue weighted by molar-refractivity contribution is 7.80. The number of aromatic hydroxyl groups is 1. The van der Waals surface area contributed by atoms with Crippen LogP contribution < -0.4 is 0 Å². The summed E-state index contributed by atoms with van der Waals surface area (Å²) in [7, 11) is 3.39. The Kier molecular flexibility index (Phi) is 8.81. The van der Waals surface area contributed by atoms with Gasteiger partial charge in [0, 0.05) is 29.8 Å². The molecule has 3 aromatic rings. The van der Waals surface area contributed by atoms with Gasteiger partial charge in [-0.3, -0.25) is 9.80 Å². The summed E-state index contributed by atoms with van der Waals surface area (Å²) in [6.07, 6.45) is 0. The fourth-order valence-corrected chi connectivity index (χ4v) is 6.71. The van der Waals surface area contributed by atoms with E-state index in [2.05, 4.69) is 73.9 Å². The topological polar surface area (TPSA) is 26.7 Å². The Bertz CT molecular complexity index is 999. The maximum Gasteiger partial charge on any atom is 0.124 e. The summed E-state index contributed by atoms with van der Waals surface area (Å²) in [5.41, 5.74) is 5.43. The van der Waals surface area contributed by atoms with Crippen LogP contribution in [0.1, 0.15) is 38.8 Å². The summed E-state index contributed by atoms with van der Waals surface area (Å²) >= 11 is 5.72. The Labute approximate surface area is 199 Å². The Balaban J connectivity index is 2.15. The fourth-order valence-electron chi connectivity index (χ4n) is 3.81. The van der Waals surface area contributed by atoms with Crippen LogP contribution in [0.15, 0.2) is 42.5 Å². The van der Waals surface area contributed by atoms with Crippen LogP contribution in [0, 0.1) is 3.82 Å². The monoisotopic (exact) mass is 472 g/mol. The molecule has 2 aromatic carbocycles. The van der Waals surface area contributed by atoms with Crippen molar-refractivity contribution in [1.29, 1.82) is 0 Å². The van der Waals surface area contributed by atoms with E-state index in [4.69, 9.17) is 12.2 Å². The second kappa shape index (κ2) is 11.3. The van der Waals surface area contributed by atoms with Gasteiger partial charge in [-0.15, -0.1) is 0 Å². The Hall–Kier alpha value is -1.57. The van der Waals surface area contributed by atoms with Crippen molar-refractivity contribution in [1.82, 2.24) is 9.80 Å². The summed E-state index contributed by atoms with van der Waals surface area (Å²) in [5, 5.41) is 11.2. The van der Waals surface area contributed by atoms with Crippen molar-refractivity contribution in [3.8, 4) is 27.3 Å². The van der Waals surface area contributed by atoms with Crippen LogP contribution in [0.2, 0.25) is 0 Å². The van der Waals surface area contributed by atoms with Crippen LogP contribution in [0.3, 0.4) is 0 Å². The van der Waals surface area contributed by atoms with Crippen molar-refractivity contribution in [2.45, 2.75) is 40.8 Å². The van der Waals surface area contributed by atoms with Gasteiger partial charge in [-0.2, -0.15) is 0 Å². The van der Waals surface area contributed by atoms with E-state index in [0.29, 0.717) is 5.75 Å². The van der Waals surface area contributed by atoms with E-state index in [1.54, 1.807) is 20.7 Å². The average Bonchev–Trinajstić information content (AvgIpc) is 3.19. The fraction of sp³-hybridized carbons (Fsp3) is 0.400. The van der Waals surface area contributed by atoms with Gasteiger partial charge in [0.15, 0.2) is 0 Å². The highest BCUT2D eigenvalue weighted by Crippen LogP contribution is 2.43. The number of rotatable bonds is 10. The molecule has 0 fully saturated rings. The van der Waals surface area contributed by atoms with Gasteiger partial charge in [-0.25, -0.2) is 0 Å². The van der Waals surface area contributed by atoms with E-state index in [1.807, 2.05) is 6.07 Å². The molecule has 166 valence electrons. The Morgan fingerprint density at radius 2 is 1.29 bits per heavy atom. The van der Waals surface area contributed by atoms with E-state index >= 15 is 0 Å². The zero-order chi connectivity index (χ0) is 22.4. The quantitative estimate of drug-likeness (QED) is 0.248. The molecule has 0 bridgehead atoms. The first kappa shape index (κ1) is 24.1. The van der Waals surface area contributed by atoms with Gasteiger partial charge >= 0.3 is 0 Å². The molecule has 0 aliphatic heterocycles. The van der Waals surface area contributed by atoms with Crippen molar-refractivity contribution >= 4 is 32.9 Å². The van der Waals surface area contributed by atoms with Gasteiger partial charge in [0.2, 0.25) is 0 Å². The van der Waals surface area contributed by atoms with Gasteiger partial charge in [0.1, 0.15) is 9.57 Å². The molecule has 0 unspecified atom stereocenters. The number of phenolic OH excluding ortho intramolecular Hbond substituents is 1. The smallest absolute Gasteiger partial charge is 0.124 e. The summed E-state index contributed by atoms with van der Waals surface area (Å²) in [6, 6.07) is 14.7. The first-order valence-corrected chi connectivity index (χ1v) is 13.6. The lowest BCUT2D eigenvalue weighted by Gasteiger charge is -2.23. The number of nitrogens with zero attached hydrogens (tertiary/aromatic N) is 2. The van der Waals surface area contributed by atoms with Crippen LogP contribution in [0.4, 0.5) is 0 Å². The third-order valence-corrected chi connectivity index (χ3v) is 8.87. The van der Waals surface area contributed by atoms with Crippen LogP contribution in [0.5, 0.6) is 5.75 Å². The van der Waals surface area contributed by atoms with Gasteiger partial charge < -0.3 is 5.11 Å². The maximum atomic E-state index is 11.2. The van der Waals surface area contributed by atoms with Crippen molar-refractivity contribution in [2.24, 2.45) is 0 Å². The Morgan fingerprint density at radius 1 is 0.774 bits per heavy atom. The summed E-state index contributed by atoms with van der Waals surface area (Å²) in [6.45, 7) is 14.0. The molecule has 0 radical (unpaired) electrons. The van der Waals surface area contributed by atoms with E-state index in [1.165, 1.54) is 4.88 Å². The van der Waals surface area contributed by atoms with Crippen LogP contribution >= 0.6 is 32.9 Å². The van der Waals surface area contributed by atoms with Crippen molar-refractivity contribution in [2.75, 3.05) is 26.2 Å². The van der Waals surface area contributed by atoms with E-state index in [-0.39, 0.29) is 0 Å². The normalized spacial score (nSPS) is 11.5. The second-order valence-corrected chi connectivity index (χ2v) is 10.4. The van der Waals surface area contributed by atoms with Gasteiger partial charge in [0.05, 0.1) is 4.88 Å². The predicted molar refractivity (Wildman–Crippen MR) is 139 cm³/mol. The largest absolute Gasteiger partial charge is 0.507 e. The zero-order valence-electron chi connectivity index (χ0n) is 18.9. The molecule has 0 saturated carbocycles. The molecule has 1 aromatic heterocycles. The predicted octanol–water partition coefficient (Wildman–Crippen LogP) is 7.26. The summed E-state index contributed by atoms with van der Waals surface area (Å²) < 4.78 is 0.926. The number of benzene rings is 2.